The van der Waals surface area contributed by atoms with Crippen molar-refractivity contribution in [2.75, 3.05) is 0 Å². The molecular weight excluding hydrogens is 330 g/mol. The molecule has 3 rings (SSSR count). The molecule has 0 saturated carbocycles. The Morgan fingerprint density at radius 1 is 1.25 bits per heavy atom. The molecule has 0 aliphatic carbocycles. The Morgan fingerprint density at radius 2 is 2.04 bits per heavy atom. The number of halogens is 1. The van der Waals surface area contributed by atoms with Gasteiger partial charge in [0.1, 0.15) is 0 Å². The van der Waals surface area contributed by atoms with Gasteiger partial charge >= 0.3 is 5.97 Å². The lowest BCUT2D eigenvalue weighted by Crippen LogP contribution is -2.04. The summed E-state index contributed by atoms with van der Waals surface area (Å²) >= 11 is 6.06. The number of benzene rings is 1. The number of hydrogen-bond acceptors (Lipinski definition) is 4. The first-order chi connectivity index (χ1) is 11.4. The second-order valence-electron chi connectivity index (χ2n) is 5.43. The first-order valence-corrected chi connectivity index (χ1v) is 7.54. The number of aromatic carboxylic acids is 1. The molecule has 0 aliphatic heterocycles. The molecule has 1 aromatic carbocycles. The standard InChI is InChI=1S/C17H14ClN3O3/c1-10-4-11(6-13(18)5-10)7-14-9-16(22)21(20-14)15-8-12(17(23)24)2-3-19-15/h2-6,8-9,22H,7H2,1H3,(H,23,24). The number of aryl methyl sites for hydroxylation is 1. The third-order valence-electron chi connectivity index (χ3n) is 3.44. The fourth-order valence-electron chi connectivity index (χ4n) is 2.46. The highest BCUT2D eigenvalue weighted by Crippen LogP contribution is 2.21. The van der Waals surface area contributed by atoms with E-state index in [0.29, 0.717) is 17.1 Å². The largest absolute Gasteiger partial charge is 0.493 e. The van der Waals surface area contributed by atoms with E-state index in [9.17, 15) is 9.90 Å². The van der Waals surface area contributed by atoms with Crippen molar-refractivity contribution in [3.05, 3.63) is 70.0 Å². The Bertz CT molecular complexity index is 901. The summed E-state index contributed by atoms with van der Waals surface area (Å²) in [6, 6.07) is 9.94. The van der Waals surface area contributed by atoms with Gasteiger partial charge in [0.2, 0.25) is 5.88 Å². The van der Waals surface area contributed by atoms with E-state index >= 15 is 0 Å². The average molecular weight is 344 g/mol. The van der Waals surface area contributed by atoms with Gasteiger partial charge in [0.25, 0.3) is 0 Å². The summed E-state index contributed by atoms with van der Waals surface area (Å²) in [5, 5.41) is 24.1. The third kappa shape index (κ3) is 3.38. The highest BCUT2D eigenvalue weighted by atomic mass is 35.5. The lowest BCUT2D eigenvalue weighted by atomic mass is 10.1. The van der Waals surface area contributed by atoms with Crippen molar-refractivity contribution < 1.29 is 15.0 Å². The molecule has 0 saturated heterocycles. The zero-order chi connectivity index (χ0) is 17.3. The molecule has 2 N–H and O–H groups in total. The van der Waals surface area contributed by atoms with Crippen LogP contribution in [0.5, 0.6) is 5.88 Å². The Hall–Kier alpha value is -2.86. The van der Waals surface area contributed by atoms with E-state index in [1.807, 2.05) is 25.1 Å². The summed E-state index contributed by atoms with van der Waals surface area (Å²) in [5.74, 6) is -0.945. The maximum Gasteiger partial charge on any atom is 0.335 e. The van der Waals surface area contributed by atoms with Gasteiger partial charge in [0, 0.05) is 23.7 Å². The molecule has 6 nitrogen and oxygen atoms in total. The van der Waals surface area contributed by atoms with Gasteiger partial charge in [0.15, 0.2) is 5.82 Å². The van der Waals surface area contributed by atoms with Crippen LogP contribution in [0.2, 0.25) is 5.02 Å². The van der Waals surface area contributed by atoms with Gasteiger partial charge in [-0.15, -0.1) is 0 Å². The van der Waals surface area contributed by atoms with Crippen LogP contribution in [0.3, 0.4) is 0 Å². The molecule has 0 unspecified atom stereocenters. The van der Waals surface area contributed by atoms with Gasteiger partial charge in [-0.2, -0.15) is 9.78 Å². The number of hydrogen-bond donors (Lipinski definition) is 2. The molecule has 3 aromatic rings. The van der Waals surface area contributed by atoms with Gasteiger partial charge in [-0.1, -0.05) is 17.7 Å². The first kappa shape index (κ1) is 16.0. The Balaban J connectivity index is 1.93. The van der Waals surface area contributed by atoms with Crippen molar-refractivity contribution in [3.8, 4) is 11.7 Å². The minimum absolute atomic E-state index is 0.0712. The lowest BCUT2D eigenvalue weighted by molar-refractivity contribution is 0.0696. The number of nitrogens with zero attached hydrogens (tertiary/aromatic N) is 3. The smallest absolute Gasteiger partial charge is 0.335 e. The fourth-order valence-corrected chi connectivity index (χ4v) is 2.78. The van der Waals surface area contributed by atoms with Crippen molar-refractivity contribution in [2.45, 2.75) is 13.3 Å². The number of carboxylic acid groups (broad SMARTS) is 1. The van der Waals surface area contributed by atoms with Crippen LogP contribution in [0, 0.1) is 6.92 Å². The molecule has 24 heavy (non-hydrogen) atoms. The van der Waals surface area contributed by atoms with Crippen molar-refractivity contribution in [3.63, 3.8) is 0 Å². The van der Waals surface area contributed by atoms with Crippen LogP contribution in [0.15, 0.2) is 42.6 Å². The Labute approximate surface area is 143 Å². The third-order valence-corrected chi connectivity index (χ3v) is 3.66. The normalized spacial score (nSPS) is 10.8. The highest BCUT2D eigenvalue weighted by Gasteiger charge is 2.12. The molecule has 122 valence electrons. The van der Waals surface area contributed by atoms with Crippen LogP contribution in [0.1, 0.15) is 27.2 Å². The predicted molar refractivity (Wildman–Crippen MR) is 89.0 cm³/mol. The van der Waals surface area contributed by atoms with Crippen LogP contribution >= 0.6 is 11.6 Å². The monoisotopic (exact) mass is 343 g/mol. The lowest BCUT2D eigenvalue weighted by Gasteiger charge is -2.03. The predicted octanol–water partition coefficient (Wildman–Crippen LogP) is 3.22. The Morgan fingerprint density at radius 3 is 2.75 bits per heavy atom. The van der Waals surface area contributed by atoms with Crippen molar-refractivity contribution >= 4 is 17.6 Å². The highest BCUT2D eigenvalue weighted by molar-refractivity contribution is 6.30. The van der Waals surface area contributed by atoms with Gasteiger partial charge in [-0.3, -0.25) is 0 Å². The summed E-state index contributed by atoms with van der Waals surface area (Å²) in [7, 11) is 0. The van der Waals surface area contributed by atoms with E-state index in [0.717, 1.165) is 11.1 Å². The van der Waals surface area contributed by atoms with E-state index in [1.165, 1.54) is 29.1 Å². The summed E-state index contributed by atoms with van der Waals surface area (Å²) in [6.45, 7) is 1.95. The van der Waals surface area contributed by atoms with E-state index in [-0.39, 0.29) is 17.3 Å². The van der Waals surface area contributed by atoms with Gasteiger partial charge in [-0.25, -0.2) is 9.78 Å². The molecule has 0 aliphatic rings. The van der Waals surface area contributed by atoms with Crippen molar-refractivity contribution in [2.24, 2.45) is 0 Å². The van der Waals surface area contributed by atoms with Crippen LogP contribution in [0.25, 0.3) is 5.82 Å². The van der Waals surface area contributed by atoms with Crippen molar-refractivity contribution in [1.29, 1.82) is 0 Å². The molecule has 7 heteroatoms. The minimum atomic E-state index is -1.07. The molecule has 0 atom stereocenters. The number of carboxylic acids is 1. The quantitative estimate of drug-likeness (QED) is 0.759. The van der Waals surface area contributed by atoms with Gasteiger partial charge in [-0.05, 0) is 42.3 Å². The van der Waals surface area contributed by atoms with Crippen LogP contribution in [0.4, 0.5) is 0 Å². The summed E-state index contributed by atoms with van der Waals surface area (Å²) < 4.78 is 1.21. The first-order valence-electron chi connectivity index (χ1n) is 7.16. The SMILES string of the molecule is Cc1cc(Cl)cc(Cc2cc(O)n(-c3cc(C(=O)O)ccn3)n2)c1. The molecule has 0 radical (unpaired) electrons. The summed E-state index contributed by atoms with van der Waals surface area (Å²) in [4.78, 5) is 15.1. The van der Waals surface area contributed by atoms with E-state index in [2.05, 4.69) is 10.1 Å². The topological polar surface area (TPSA) is 88.2 Å². The van der Waals surface area contributed by atoms with E-state index < -0.39 is 5.97 Å². The number of rotatable bonds is 4. The number of carbonyl (C=O) groups is 1. The molecule has 2 aromatic heterocycles. The van der Waals surface area contributed by atoms with Crippen LogP contribution in [-0.2, 0) is 6.42 Å². The molecule has 0 amide bonds. The number of aromatic nitrogens is 3. The molecule has 0 spiro atoms. The van der Waals surface area contributed by atoms with Gasteiger partial charge < -0.3 is 10.2 Å². The second kappa shape index (κ2) is 6.33. The number of aromatic hydroxyl groups is 1. The maximum atomic E-state index is 11.0. The zero-order valence-corrected chi connectivity index (χ0v) is 13.5. The molecular formula is C17H14ClN3O3. The molecule has 0 fully saturated rings. The summed E-state index contributed by atoms with van der Waals surface area (Å²) in [6.07, 6.45) is 1.85. The Kier molecular flexibility index (Phi) is 4.22. The second-order valence-corrected chi connectivity index (χ2v) is 5.86. The zero-order valence-electron chi connectivity index (χ0n) is 12.8. The molecule has 0 bridgehead atoms. The van der Waals surface area contributed by atoms with E-state index in [4.69, 9.17) is 16.7 Å². The van der Waals surface area contributed by atoms with E-state index in [1.54, 1.807) is 0 Å². The van der Waals surface area contributed by atoms with Crippen LogP contribution < -0.4 is 0 Å². The fraction of sp³-hybridized carbons (Fsp3) is 0.118. The maximum absolute atomic E-state index is 11.0. The molecule has 2 heterocycles. The minimum Gasteiger partial charge on any atom is -0.493 e. The number of pyridine rings is 1. The van der Waals surface area contributed by atoms with Gasteiger partial charge in [0.05, 0.1) is 11.3 Å². The van der Waals surface area contributed by atoms with Crippen molar-refractivity contribution in [1.82, 2.24) is 14.8 Å². The summed E-state index contributed by atoms with van der Waals surface area (Å²) in [5.41, 5.74) is 2.70. The van der Waals surface area contributed by atoms with Crippen LogP contribution in [-0.4, -0.2) is 30.9 Å². The average Bonchev–Trinajstić information content (AvgIpc) is 2.86.